The molecule has 5 fully saturated rings. The van der Waals surface area contributed by atoms with Gasteiger partial charge in [0.1, 0.15) is 40.2 Å². The monoisotopic (exact) mass is 1870 g/mol. The maximum atomic E-state index is 12.1. The lowest BCUT2D eigenvalue weighted by atomic mass is 10.0. The molecule has 5 atom stereocenters. The highest BCUT2D eigenvalue weighted by Crippen LogP contribution is 2.36. The third-order valence-corrected chi connectivity index (χ3v) is 24.5. The van der Waals surface area contributed by atoms with Crippen molar-refractivity contribution in [2.45, 2.75) is 92.5 Å². The van der Waals surface area contributed by atoms with Crippen LogP contribution in [0.15, 0.2) is 183 Å². The quantitative estimate of drug-likeness (QED) is 0.0877. The zero-order valence-electron chi connectivity index (χ0n) is 75.9. The van der Waals surface area contributed by atoms with E-state index in [-0.39, 0.29) is 66.6 Å². The number of aliphatic hydroxyl groups is 5. The number of carbonyl (C=O) groups excluding carboxylic acids is 10. The summed E-state index contributed by atoms with van der Waals surface area (Å²) in [7, 11) is 8.21. The van der Waals surface area contributed by atoms with E-state index in [1.165, 1.54) is 33.3 Å². The topological polar surface area (TPSA) is 543 Å². The van der Waals surface area contributed by atoms with E-state index in [1.807, 2.05) is 72.8 Å². The number of imidazole rings is 5. The maximum absolute atomic E-state index is 12.1. The van der Waals surface area contributed by atoms with E-state index in [1.54, 1.807) is 154 Å². The van der Waals surface area contributed by atoms with Crippen molar-refractivity contribution < 1.29 is 73.5 Å². The Balaban J connectivity index is 0.000000125. The highest BCUT2D eigenvalue weighted by molar-refractivity contribution is 6.00. The normalized spacial score (nSPS) is 19.8. The number of pyridine rings is 1. The number of rotatable bonds is 10. The fourth-order valence-electron chi connectivity index (χ4n) is 16.9. The molecule has 10 amide bonds. The van der Waals surface area contributed by atoms with Crippen molar-refractivity contribution in [2.75, 3.05) is 79.8 Å². The molecule has 0 unspecified atom stereocenters. The van der Waals surface area contributed by atoms with E-state index in [0.717, 1.165) is 54.0 Å². The number of primary amides is 5. The molecule has 38 heteroatoms. The number of hydrogen-bond donors (Lipinski definition) is 11. The summed E-state index contributed by atoms with van der Waals surface area (Å²) in [4.78, 5) is 157. The Kier molecular flexibility index (Phi) is 26.2. The van der Waals surface area contributed by atoms with Gasteiger partial charge in [-0.2, -0.15) is 0 Å². The minimum atomic E-state index is -1.66. The van der Waals surface area contributed by atoms with Gasteiger partial charge in [-0.25, -0.2) is 34.9 Å². The summed E-state index contributed by atoms with van der Waals surface area (Å²) in [5.74, 6) is 25.4. The molecule has 702 valence electrons. The Morgan fingerprint density at radius 2 is 0.698 bits per heavy atom. The molecule has 38 nitrogen and oxygen atoms in total. The predicted molar refractivity (Wildman–Crippen MR) is 507 cm³/mol. The molecular formula is C101H93N23O15. The van der Waals surface area contributed by atoms with Crippen LogP contribution in [0.5, 0.6) is 0 Å². The molecule has 139 heavy (non-hydrogen) atoms. The van der Waals surface area contributed by atoms with Crippen LogP contribution < -0.4 is 34.0 Å². The van der Waals surface area contributed by atoms with Crippen LogP contribution in [0.2, 0.25) is 0 Å². The summed E-state index contributed by atoms with van der Waals surface area (Å²) in [5, 5.41) is 55.5. The van der Waals surface area contributed by atoms with Crippen LogP contribution in [0.3, 0.4) is 0 Å². The molecule has 0 bridgehead atoms. The summed E-state index contributed by atoms with van der Waals surface area (Å²) >= 11 is 0. The predicted octanol–water partition coefficient (Wildman–Crippen LogP) is 2.87. The summed E-state index contributed by atoms with van der Waals surface area (Å²) in [6, 6.07) is 45.0. The first-order chi connectivity index (χ1) is 66.4. The van der Waals surface area contributed by atoms with E-state index in [2.05, 4.69) is 104 Å². The van der Waals surface area contributed by atoms with Crippen molar-refractivity contribution in [1.82, 2.24) is 81.7 Å². The zero-order chi connectivity index (χ0) is 98.7. The second-order valence-corrected chi connectivity index (χ2v) is 34.1. The number of carbonyl (C=O) groups is 10. The van der Waals surface area contributed by atoms with Gasteiger partial charge in [0.25, 0.3) is 59.1 Å². The van der Waals surface area contributed by atoms with Crippen LogP contribution in [-0.4, -0.2) is 269 Å². The van der Waals surface area contributed by atoms with Gasteiger partial charge in [0, 0.05) is 206 Å². The molecule has 16 N–H and O–H groups in total. The van der Waals surface area contributed by atoms with Crippen LogP contribution in [0.25, 0.3) is 73.4 Å². The average Bonchev–Trinajstić information content (AvgIpc) is 1.65. The van der Waals surface area contributed by atoms with Gasteiger partial charge in [-0.05, 0) is 104 Å². The zero-order valence-corrected chi connectivity index (χ0v) is 75.9. The van der Waals surface area contributed by atoms with E-state index in [9.17, 15) is 73.5 Å². The van der Waals surface area contributed by atoms with Gasteiger partial charge in [-0.15, -0.1) is 0 Å². The molecule has 15 heterocycles. The second kappa shape index (κ2) is 38.5. The van der Waals surface area contributed by atoms with Gasteiger partial charge in [0.2, 0.25) is 45.5 Å². The number of nitrogens with one attached hydrogen (secondary N) is 1. The fraction of sp³-hybridized carbons (Fsp3) is 0.257. The number of nitrogens with two attached hydrogens (primary N) is 5. The Bertz CT molecular complexity index is 7180. The molecular weight excluding hydrogens is 1780 g/mol. The lowest BCUT2D eigenvalue weighted by Gasteiger charge is -2.17. The molecule has 7 aliphatic rings. The van der Waals surface area contributed by atoms with Crippen molar-refractivity contribution in [3.8, 4) is 116 Å². The van der Waals surface area contributed by atoms with E-state index >= 15 is 0 Å². The first-order valence-corrected chi connectivity index (χ1v) is 44.1. The van der Waals surface area contributed by atoms with Crippen LogP contribution in [0, 0.1) is 59.2 Å². The molecule has 20 rings (SSSR count). The van der Waals surface area contributed by atoms with Crippen molar-refractivity contribution >= 4 is 81.7 Å². The molecule has 0 radical (unpaired) electrons. The Morgan fingerprint density at radius 3 is 1.06 bits per heavy atom. The van der Waals surface area contributed by atoms with Crippen LogP contribution in [0.4, 0.5) is 5.82 Å². The number of fused-ring (bicyclic) bond motifs is 5. The Labute approximate surface area is 794 Å². The number of amides is 10. The van der Waals surface area contributed by atoms with Gasteiger partial charge in [0.05, 0.1) is 11.2 Å². The molecule has 13 aromatic rings. The third kappa shape index (κ3) is 19.3. The molecule has 5 saturated heterocycles. The molecule has 0 saturated carbocycles. The van der Waals surface area contributed by atoms with Gasteiger partial charge in [-0.1, -0.05) is 126 Å². The van der Waals surface area contributed by atoms with Gasteiger partial charge in [0.15, 0.2) is 17.0 Å². The molecule has 5 aromatic carbocycles. The fourth-order valence-corrected chi connectivity index (χ4v) is 16.9. The van der Waals surface area contributed by atoms with E-state index in [0.29, 0.717) is 142 Å². The number of likely N-dealkylation sites (tertiary alicyclic amines) is 5. The number of anilines is 1. The number of likely N-dealkylation sites (N-methyl/N-ethyl adjacent to an activating group) is 5. The maximum Gasteiger partial charge on any atom is 0.285 e. The van der Waals surface area contributed by atoms with E-state index < -0.39 is 69.4 Å². The highest BCUT2D eigenvalue weighted by Gasteiger charge is 2.47. The number of aromatic nitrogens is 12. The average molecular weight is 1870 g/mol. The Morgan fingerprint density at radius 1 is 0.353 bits per heavy atom. The summed E-state index contributed by atoms with van der Waals surface area (Å²) < 4.78 is 8.68. The molecule has 0 aliphatic carbocycles. The second-order valence-electron chi connectivity index (χ2n) is 34.1. The lowest BCUT2D eigenvalue weighted by molar-refractivity contribution is -0.138. The summed E-state index contributed by atoms with van der Waals surface area (Å²) in [5.41, 5.74) is 30.5. The summed E-state index contributed by atoms with van der Waals surface area (Å²) in [6.45, 7) is 4.49. The number of hydrogen-bond acceptors (Lipinski definition) is 23. The first-order valence-electron chi connectivity index (χ1n) is 44.1. The van der Waals surface area contributed by atoms with Crippen LogP contribution in [-0.2, 0) is 43.5 Å². The van der Waals surface area contributed by atoms with Crippen LogP contribution in [0.1, 0.15) is 131 Å². The highest BCUT2D eigenvalue weighted by atomic mass is 16.3. The van der Waals surface area contributed by atoms with Gasteiger partial charge in [-0.3, -0.25) is 61.1 Å². The van der Waals surface area contributed by atoms with Crippen molar-refractivity contribution in [1.29, 1.82) is 0 Å². The third-order valence-electron chi connectivity index (χ3n) is 24.5. The molecule has 8 aromatic heterocycles. The van der Waals surface area contributed by atoms with Crippen molar-refractivity contribution in [2.24, 2.45) is 28.7 Å². The van der Waals surface area contributed by atoms with Crippen LogP contribution >= 0.6 is 0 Å². The van der Waals surface area contributed by atoms with E-state index in [4.69, 9.17) is 28.7 Å². The SMILES string of the molecule is CN1CC[C@@](O)(C#Cc2cccc(-c3nc(C(N)=O)c4ccccn34)c2)C1=O.CN1CC[C@@](O)(C#Cc2cccc(-c3nc(C(N)=O)c4n3CCCC4)c2)C1=O.CN1CC[C@@](O)(C#Cc2cccc(-c3nc(C(N)=O)n4c3NCC4)c2)C1=O.CN1CC[C@@](O)(C#Cc2cccc(-c3nc(C(N)=O)n4cccnc34)c2)C1=O.CN1CC[C@@](O)(C#Cc2cccc(-c3nc(C(N)=O)n4cccnc34)c2)C1=O. The Hall–Kier alpha value is -17.5. The lowest BCUT2D eigenvalue weighted by Crippen LogP contribution is -2.37. The van der Waals surface area contributed by atoms with Gasteiger partial charge < -0.3 is 93.2 Å². The molecule has 7 aliphatic heterocycles. The molecule has 0 spiro atoms. The van der Waals surface area contributed by atoms with Crippen molar-refractivity contribution in [3.05, 3.63) is 245 Å². The summed E-state index contributed by atoms with van der Waals surface area (Å²) in [6.07, 6.45) is 12.6. The largest absolute Gasteiger partial charge is 0.369 e. The number of nitrogens with zero attached hydrogens (tertiary/aromatic N) is 17. The van der Waals surface area contributed by atoms with Gasteiger partial charge >= 0.3 is 0 Å². The standard InChI is InChI=1S/C21H22N4O3.C21H18N4O3.2C20H17N5O3.C19H19N5O3/c2*1-24-12-10-21(28,20(24)27)9-8-14-5-4-6-15(13-14)19-23-17(18(22)26)16-7-2-3-11-25(16)19;2*1-24-11-8-20(28,19(24)27)7-6-13-4-2-5-14(12-13)15-17-22-9-3-10-25(17)18(23-15)16(21)26;1-23-9-7-19(27,18(23)26)6-5-12-3-2-4-13(11-12)14-16-21-8-10-24(16)17(22-14)15(20)25/h4-6,13,28H,2-3,7,10-12H2,1H3,(H2,22,26);2-7,11,13,28H,10,12H2,1H3,(H2,22,26);2*2-5,9-10,12,28H,8,11H2,1H3,(H2,21,26);2-4,11,21,27H,7-10H2,1H3,(H2,20,25)/t2*21-;2*20-;19-/m00000/s1. The minimum absolute atomic E-state index is 0.0866. The first kappa shape index (κ1) is 94.7. The minimum Gasteiger partial charge on any atom is -0.369 e. The number of benzene rings is 5. The smallest absolute Gasteiger partial charge is 0.285 e. The van der Waals surface area contributed by atoms with Crippen molar-refractivity contribution in [3.63, 3.8) is 0 Å².